The first-order valence-corrected chi connectivity index (χ1v) is 18.6. The van der Waals surface area contributed by atoms with Crippen molar-refractivity contribution in [3.05, 3.63) is 169 Å². The summed E-state index contributed by atoms with van der Waals surface area (Å²) in [7, 11) is 0. The number of aromatic hydroxyl groups is 2. The molecule has 4 heterocycles. The predicted octanol–water partition coefficient (Wildman–Crippen LogP) is 8.27. The number of fused-ring (bicyclic) bond motifs is 6. The summed E-state index contributed by atoms with van der Waals surface area (Å²) in [5.41, 5.74) is 8.16. The van der Waals surface area contributed by atoms with Crippen molar-refractivity contribution in [3.63, 3.8) is 0 Å². The lowest BCUT2D eigenvalue weighted by Gasteiger charge is -2.45. The van der Waals surface area contributed by atoms with Gasteiger partial charge in [0.25, 0.3) is 0 Å². The molecule has 10 nitrogen and oxygen atoms in total. The fraction of sp³-hybridized carbons (Fsp3) is 0.0870. The Kier molecular flexibility index (Phi) is 7.03. The monoisotopic (exact) mass is 734 g/mol. The van der Waals surface area contributed by atoms with Crippen molar-refractivity contribution in [2.45, 2.75) is 24.0 Å². The van der Waals surface area contributed by atoms with Gasteiger partial charge in [0.2, 0.25) is 11.8 Å². The second-order valence-electron chi connectivity index (χ2n) is 14.5. The molecule has 4 N–H and O–H groups in total. The Balaban J connectivity index is 0.906. The lowest BCUT2D eigenvalue weighted by atomic mass is 9.64. The molecule has 4 aromatic heterocycles. The van der Waals surface area contributed by atoms with E-state index < -0.39 is 24.0 Å². The van der Waals surface area contributed by atoms with E-state index in [1.54, 1.807) is 0 Å². The maximum atomic E-state index is 11.5. The van der Waals surface area contributed by atoms with Crippen molar-refractivity contribution < 1.29 is 20.4 Å². The molecule has 1 saturated carbocycles. The average molecular weight is 735 g/mol. The van der Waals surface area contributed by atoms with Gasteiger partial charge >= 0.3 is 0 Å². The Morgan fingerprint density at radius 2 is 0.768 bits per heavy atom. The Morgan fingerprint density at radius 3 is 1.20 bits per heavy atom. The second-order valence-corrected chi connectivity index (χ2v) is 14.5. The third-order valence-electron chi connectivity index (χ3n) is 11.6. The van der Waals surface area contributed by atoms with Crippen molar-refractivity contribution in [1.82, 2.24) is 28.7 Å². The molecule has 6 aromatic carbocycles. The van der Waals surface area contributed by atoms with Crippen molar-refractivity contribution in [1.29, 1.82) is 0 Å². The SMILES string of the molecule is Oc1c(C2C(O)C(c3cnn(-c4ccc5c(c4)c4ccccc4n5-c4ccccc4)c3O)C2O)cnn1-c1ccc2c(c1)c1ccccc1n2-c1ccccc1. The van der Waals surface area contributed by atoms with Crippen LogP contribution in [-0.2, 0) is 0 Å². The molecule has 0 atom stereocenters. The van der Waals surface area contributed by atoms with Crippen LogP contribution in [0.25, 0.3) is 66.4 Å². The Hall–Kier alpha value is -7.14. The number of hydrogen-bond donors (Lipinski definition) is 4. The summed E-state index contributed by atoms with van der Waals surface area (Å²) in [5, 5.41) is 59.3. The first-order valence-electron chi connectivity index (χ1n) is 18.6. The molecule has 272 valence electrons. The largest absolute Gasteiger partial charge is 0.493 e. The molecule has 11 rings (SSSR count). The summed E-state index contributed by atoms with van der Waals surface area (Å²) in [6.45, 7) is 0. The topological polar surface area (TPSA) is 126 Å². The number of aromatic nitrogens is 6. The van der Waals surface area contributed by atoms with Crippen LogP contribution >= 0.6 is 0 Å². The molecule has 0 unspecified atom stereocenters. The minimum Gasteiger partial charge on any atom is -0.493 e. The van der Waals surface area contributed by atoms with Crippen molar-refractivity contribution >= 4 is 43.6 Å². The Bertz CT molecular complexity index is 2910. The third kappa shape index (κ3) is 4.57. The van der Waals surface area contributed by atoms with Gasteiger partial charge in [-0.25, -0.2) is 9.36 Å². The highest BCUT2D eigenvalue weighted by Crippen LogP contribution is 2.52. The smallest absolute Gasteiger partial charge is 0.217 e. The molecule has 0 saturated heterocycles. The second kappa shape index (κ2) is 12.2. The first kappa shape index (κ1) is 32.3. The van der Waals surface area contributed by atoms with Crippen LogP contribution in [0, 0.1) is 0 Å². The van der Waals surface area contributed by atoms with Crippen LogP contribution in [0.15, 0.2) is 158 Å². The summed E-state index contributed by atoms with van der Waals surface area (Å²) in [6.07, 6.45) is 0.749. The zero-order valence-electron chi connectivity index (χ0n) is 29.8. The molecular weight excluding hydrogens is 701 g/mol. The molecule has 10 aromatic rings. The van der Waals surface area contributed by atoms with E-state index in [4.69, 9.17) is 0 Å². The molecule has 0 spiro atoms. The molecule has 0 aliphatic heterocycles. The number of rotatable bonds is 6. The van der Waals surface area contributed by atoms with Gasteiger partial charge in [0.05, 0.1) is 58.0 Å². The van der Waals surface area contributed by atoms with Crippen LogP contribution in [-0.4, -0.2) is 61.3 Å². The summed E-state index contributed by atoms with van der Waals surface area (Å²) >= 11 is 0. The maximum absolute atomic E-state index is 11.5. The highest BCUT2D eigenvalue weighted by molar-refractivity contribution is 6.11. The van der Waals surface area contributed by atoms with Crippen LogP contribution < -0.4 is 0 Å². The van der Waals surface area contributed by atoms with Crippen LogP contribution in [0.5, 0.6) is 11.8 Å². The number of nitrogens with zero attached hydrogens (tertiary/aromatic N) is 6. The lowest BCUT2D eigenvalue weighted by Crippen LogP contribution is -2.51. The van der Waals surface area contributed by atoms with Gasteiger partial charge in [-0.15, -0.1) is 0 Å². The molecular formula is C46H34N6O4. The molecule has 0 bridgehead atoms. The number of aliphatic hydroxyl groups is 2. The fourth-order valence-electron chi connectivity index (χ4n) is 8.89. The number of aliphatic hydroxyl groups excluding tert-OH is 2. The van der Waals surface area contributed by atoms with Gasteiger partial charge in [-0.2, -0.15) is 10.2 Å². The quantitative estimate of drug-likeness (QED) is 0.136. The predicted molar refractivity (Wildman–Crippen MR) is 217 cm³/mol. The number of para-hydroxylation sites is 4. The molecule has 1 aliphatic carbocycles. The van der Waals surface area contributed by atoms with Crippen molar-refractivity contribution in [3.8, 4) is 34.5 Å². The van der Waals surface area contributed by atoms with Crippen molar-refractivity contribution in [2.75, 3.05) is 0 Å². The van der Waals surface area contributed by atoms with Crippen LogP contribution in [0.3, 0.4) is 0 Å². The Morgan fingerprint density at radius 1 is 0.393 bits per heavy atom. The molecule has 10 heteroatoms. The number of benzene rings is 6. The third-order valence-corrected chi connectivity index (χ3v) is 11.6. The minimum atomic E-state index is -1.12. The highest BCUT2D eigenvalue weighted by atomic mass is 16.3. The van der Waals surface area contributed by atoms with E-state index in [0.29, 0.717) is 22.5 Å². The lowest BCUT2D eigenvalue weighted by molar-refractivity contribution is -0.0798. The normalized spacial score (nSPS) is 18.3. The van der Waals surface area contributed by atoms with Gasteiger partial charge in [0.1, 0.15) is 0 Å². The van der Waals surface area contributed by atoms with E-state index in [1.165, 1.54) is 21.8 Å². The summed E-state index contributed by atoms with van der Waals surface area (Å²) in [4.78, 5) is 0. The molecule has 0 radical (unpaired) electrons. The molecule has 0 amide bonds. The van der Waals surface area contributed by atoms with E-state index in [-0.39, 0.29) is 11.8 Å². The standard InChI is InChI=1S/C46H34N6O4/c53-43-41(35-25-47-51(45(35)55)29-19-21-39-33(23-29)31-15-7-9-17-37(31)49(39)27-11-3-1-4-12-27)44(54)42(43)36-26-48-52(46(36)56)30-20-22-40-34(24-30)32-16-8-10-18-38(32)50(40)28-13-5-2-6-14-28/h1-26,41-44,53-56H. The van der Waals surface area contributed by atoms with E-state index in [2.05, 4.69) is 67.9 Å². The van der Waals surface area contributed by atoms with E-state index in [1.807, 2.05) is 97.1 Å². The number of hydrogen-bond acceptors (Lipinski definition) is 6. The van der Waals surface area contributed by atoms with E-state index in [9.17, 15) is 20.4 Å². The molecule has 1 fully saturated rings. The molecule has 1 aliphatic rings. The van der Waals surface area contributed by atoms with Gasteiger partial charge in [0, 0.05) is 55.9 Å². The zero-order chi connectivity index (χ0) is 37.7. The average Bonchev–Trinajstić information content (AvgIpc) is 3.99. The van der Waals surface area contributed by atoms with E-state index >= 15 is 0 Å². The van der Waals surface area contributed by atoms with Crippen LogP contribution in [0.2, 0.25) is 0 Å². The van der Waals surface area contributed by atoms with Crippen LogP contribution in [0.4, 0.5) is 0 Å². The maximum Gasteiger partial charge on any atom is 0.217 e. The van der Waals surface area contributed by atoms with Gasteiger partial charge < -0.3 is 29.6 Å². The first-order chi connectivity index (χ1) is 27.5. The van der Waals surface area contributed by atoms with Gasteiger partial charge in [-0.05, 0) is 72.8 Å². The van der Waals surface area contributed by atoms with Gasteiger partial charge in [-0.3, -0.25) is 0 Å². The zero-order valence-corrected chi connectivity index (χ0v) is 29.8. The van der Waals surface area contributed by atoms with Crippen LogP contribution in [0.1, 0.15) is 23.0 Å². The van der Waals surface area contributed by atoms with Gasteiger partial charge in [0.15, 0.2) is 0 Å². The Labute approximate surface area is 319 Å². The van der Waals surface area contributed by atoms with Crippen molar-refractivity contribution in [2.24, 2.45) is 0 Å². The summed E-state index contributed by atoms with van der Waals surface area (Å²) in [6, 6.07) is 48.6. The fourth-order valence-corrected chi connectivity index (χ4v) is 8.89. The highest BCUT2D eigenvalue weighted by Gasteiger charge is 2.53. The molecule has 56 heavy (non-hydrogen) atoms. The van der Waals surface area contributed by atoms with Gasteiger partial charge in [-0.1, -0.05) is 72.8 Å². The summed E-state index contributed by atoms with van der Waals surface area (Å²) < 4.78 is 7.28. The minimum absolute atomic E-state index is 0.166. The van der Waals surface area contributed by atoms with E-state index in [0.717, 1.165) is 55.0 Å². The summed E-state index contributed by atoms with van der Waals surface area (Å²) in [5.74, 6) is -2.00.